The van der Waals surface area contributed by atoms with Gasteiger partial charge in [0.25, 0.3) is 5.56 Å². The zero-order valence-electron chi connectivity index (χ0n) is 15.9. The average molecular weight is 442 g/mol. The van der Waals surface area contributed by atoms with Crippen molar-refractivity contribution in [3.8, 4) is 18.1 Å². The quantitative estimate of drug-likeness (QED) is 0.429. The number of rotatable bonds is 4. The van der Waals surface area contributed by atoms with Crippen molar-refractivity contribution in [2.24, 2.45) is 0 Å². The standard InChI is InChI=1S/C18H14B2FN2O7P/c1-2-10-8-23(17(25)22-16(10)24)15-6-5-14(28-15)18(19,20)30-31(26)27-9-11-7-12(21)3-4-13(11)29-31/h1,3-4,7-8,14-15H,5-6,9H2,(H,22,24,25). The van der Waals surface area contributed by atoms with Gasteiger partial charge < -0.3 is 9.26 Å². The molecule has 0 bridgehead atoms. The molecule has 0 amide bonds. The maximum absolute atomic E-state index is 13.3. The smallest absolute Gasteiger partial charge is 0.404 e. The molecule has 1 aromatic carbocycles. The van der Waals surface area contributed by atoms with E-state index in [-0.39, 0.29) is 30.8 Å². The first-order valence-electron chi connectivity index (χ1n) is 9.09. The minimum atomic E-state index is -4.25. The fourth-order valence-corrected chi connectivity index (χ4v) is 4.66. The second-order valence-electron chi connectivity index (χ2n) is 7.02. The van der Waals surface area contributed by atoms with E-state index in [9.17, 15) is 18.5 Å². The number of aromatic amines is 1. The number of aromatic nitrogens is 2. The van der Waals surface area contributed by atoms with Crippen LogP contribution in [0.3, 0.4) is 0 Å². The van der Waals surface area contributed by atoms with E-state index in [1.165, 1.54) is 18.3 Å². The normalized spacial score (nSPS) is 25.4. The average Bonchev–Trinajstić information content (AvgIpc) is 3.19. The van der Waals surface area contributed by atoms with E-state index in [1.807, 2.05) is 0 Å². The summed E-state index contributed by atoms with van der Waals surface area (Å²) in [5.41, 5.74) is -1.14. The molecule has 0 saturated carbocycles. The molecule has 156 valence electrons. The first kappa shape index (κ1) is 21.7. The third-order valence-electron chi connectivity index (χ3n) is 4.81. The maximum Gasteiger partial charge on any atom is 0.529 e. The van der Waals surface area contributed by atoms with Crippen LogP contribution in [0.1, 0.15) is 30.2 Å². The van der Waals surface area contributed by atoms with Gasteiger partial charge in [0.2, 0.25) is 0 Å². The van der Waals surface area contributed by atoms with Crippen LogP contribution in [0.2, 0.25) is 0 Å². The third kappa shape index (κ3) is 4.27. The summed E-state index contributed by atoms with van der Waals surface area (Å²) in [6.45, 7) is -0.240. The zero-order chi connectivity index (χ0) is 22.4. The van der Waals surface area contributed by atoms with Crippen molar-refractivity contribution >= 4 is 23.5 Å². The number of hydrogen-bond donors (Lipinski definition) is 1. The van der Waals surface area contributed by atoms with Gasteiger partial charge in [-0.3, -0.25) is 23.4 Å². The minimum Gasteiger partial charge on any atom is -0.404 e. The van der Waals surface area contributed by atoms with E-state index in [0.717, 1.165) is 10.6 Å². The number of halogens is 1. The minimum absolute atomic E-state index is 0.0572. The van der Waals surface area contributed by atoms with E-state index in [1.54, 1.807) is 0 Å². The monoisotopic (exact) mass is 442 g/mol. The second kappa shape index (κ2) is 7.84. The summed E-state index contributed by atoms with van der Waals surface area (Å²) in [5, 5.41) is -2.12. The number of nitrogens with zero attached hydrogens (tertiary/aromatic N) is 1. The number of fused-ring (bicyclic) bond motifs is 1. The summed E-state index contributed by atoms with van der Waals surface area (Å²) in [6, 6.07) is 3.59. The first-order valence-corrected chi connectivity index (χ1v) is 10.5. The van der Waals surface area contributed by atoms with Crippen LogP contribution in [0.4, 0.5) is 4.39 Å². The third-order valence-corrected chi connectivity index (χ3v) is 6.22. The second-order valence-corrected chi connectivity index (χ2v) is 8.54. The van der Waals surface area contributed by atoms with Crippen molar-refractivity contribution in [3.63, 3.8) is 0 Å². The molecule has 2 aliphatic heterocycles. The van der Waals surface area contributed by atoms with Crippen LogP contribution in [0, 0.1) is 18.2 Å². The van der Waals surface area contributed by atoms with E-state index >= 15 is 0 Å². The molecule has 1 fully saturated rings. The van der Waals surface area contributed by atoms with Crippen LogP contribution >= 0.6 is 7.82 Å². The fourth-order valence-electron chi connectivity index (χ4n) is 3.30. The molecule has 1 N–H and O–H groups in total. The summed E-state index contributed by atoms with van der Waals surface area (Å²) in [7, 11) is 7.75. The van der Waals surface area contributed by atoms with Crippen molar-refractivity contribution in [3.05, 3.63) is 62.2 Å². The SMILES string of the molecule is [B]C([B])(OP1(=O)OCc2cc(F)ccc2O1)C1CCC(n2cc(C#C)c(=O)[nH]c2=O)O1. The number of H-pyrrole nitrogens is 1. The lowest BCUT2D eigenvalue weighted by Gasteiger charge is -2.36. The lowest BCUT2D eigenvalue weighted by molar-refractivity contribution is -0.0514. The molecular weight excluding hydrogens is 428 g/mol. The molecule has 0 aliphatic carbocycles. The van der Waals surface area contributed by atoms with Crippen LogP contribution in [0.15, 0.2) is 34.0 Å². The predicted molar refractivity (Wildman–Crippen MR) is 107 cm³/mol. The molecule has 4 radical (unpaired) electrons. The molecule has 3 atom stereocenters. The van der Waals surface area contributed by atoms with Gasteiger partial charge in [0.15, 0.2) is 0 Å². The topological polar surface area (TPSA) is 109 Å². The number of nitrogens with one attached hydrogen (secondary N) is 1. The number of benzene rings is 1. The number of hydrogen-bond acceptors (Lipinski definition) is 7. The van der Waals surface area contributed by atoms with Crippen LogP contribution < -0.4 is 15.8 Å². The number of ether oxygens (including phenoxy) is 1. The van der Waals surface area contributed by atoms with Gasteiger partial charge in [-0.25, -0.2) is 13.8 Å². The van der Waals surface area contributed by atoms with E-state index in [4.69, 9.17) is 40.4 Å². The number of phosphoric ester groups is 1. The molecule has 3 unspecified atom stereocenters. The molecular formula is C18H14B2FN2O7P. The highest BCUT2D eigenvalue weighted by molar-refractivity contribution is 7.49. The Kier molecular flexibility index (Phi) is 5.48. The summed E-state index contributed by atoms with van der Waals surface area (Å²) in [5.74, 6) is 1.77. The van der Waals surface area contributed by atoms with Crippen LogP contribution in [-0.2, 0) is 25.0 Å². The first-order chi connectivity index (χ1) is 14.6. The van der Waals surface area contributed by atoms with Gasteiger partial charge in [-0.15, -0.1) is 6.42 Å². The molecule has 2 aliphatic rings. The van der Waals surface area contributed by atoms with E-state index in [2.05, 4.69) is 10.9 Å². The van der Waals surface area contributed by atoms with Crippen LogP contribution in [0.25, 0.3) is 0 Å². The largest absolute Gasteiger partial charge is 0.529 e. The van der Waals surface area contributed by atoms with Gasteiger partial charge in [-0.05, 0) is 31.0 Å². The zero-order valence-corrected chi connectivity index (χ0v) is 16.8. The highest BCUT2D eigenvalue weighted by Gasteiger charge is 2.46. The Morgan fingerprint density at radius 3 is 2.87 bits per heavy atom. The van der Waals surface area contributed by atoms with Gasteiger partial charge in [0, 0.05) is 17.2 Å². The van der Waals surface area contributed by atoms with Crippen LogP contribution in [0.5, 0.6) is 5.75 Å². The molecule has 31 heavy (non-hydrogen) atoms. The molecule has 3 heterocycles. The summed E-state index contributed by atoms with van der Waals surface area (Å²) in [6.07, 6.45) is 5.07. The summed E-state index contributed by atoms with van der Waals surface area (Å²) >= 11 is 0. The number of phosphoric acid groups is 1. The Hall–Kier alpha value is -2.57. The molecule has 0 spiro atoms. The van der Waals surface area contributed by atoms with Crippen molar-refractivity contribution in [1.82, 2.24) is 9.55 Å². The Bertz CT molecular complexity index is 1240. The molecule has 13 heteroatoms. The van der Waals surface area contributed by atoms with Crippen molar-refractivity contribution < 1.29 is 27.3 Å². The number of terminal acetylenes is 1. The highest BCUT2D eigenvalue weighted by Crippen LogP contribution is 2.57. The summed E-state index contributed by atoms with van der Waals surface area (Å²) < 4.78 is 48.7. The Balaban J connectivity index is 1.50. The van der Waals surface area contributed by atoms with Crippen LogP contribution in [-0.4, -0.2) is 36.7 Å². The highest BCUT2D eigenvalue weighted by atomic mass is 31.2. The fraction of sp³-hybridized carbons (Fsp3) is 0.333. The van der Waals surface area contributed by atoms with E-state index < -0.39 is 42.6 Å². The van der Waals surface area contributed by atoms with Gasteiger partial charge in [-0.2, -0.15) is 0 Å². The Morgan fingerprint density at radius 1 is 1.35 bits per heavy atom. The van der Waals surface area contributed by atoms with Gasteiger partial charge in [0.1, 0.15) is 39.1 Å². The van der Waals surface area contributed by atoms with Crippen molar-refractivity contribution in [1.29, 1.82) is 0 Å². The van der Waals surface area contributed by atoms with Crippen molar-refractivity contribution in [2.45, 2.75) is 37.2 Å². The predicted octanol–water partition coefficient (Wildman–Crippen LogP) is 1.06. The van der Waals surface area contributed by atoms with E-state index in [0.29, 0.717) is 5.56 Å². The molecule has 4 rings (SSSR count). The van der Waals surface area contributed by atoms with Gasteiger partial charge in [-0.1, -0.05) is 5.92 Å². The molecule has 1 aromatic heterocycles. The van der Waals surface area contributed by atoms with Crippen molar-refractivity contribution in [2.75, 3.05) is 0 Å². The summed E-state index contributed by atoms with van der Waals surface area (Å²) in [4.78, 5) is 25.8. The molecule has 9 nitrogen and oxygen atoms in total. The lowest BCUT2D eigenvalue weighted by atomic mass is 9.61. The lowest BCUT2D eigenvalue weighted by Crippen LogP contribution is -2.46. The Morgan fingerprint density at radius 2 is 2.13 bits per heavy atom. The molecule has 1 saturated heterocycles. The molecule has 2 aromatic rings. The maximum atomic E-state index is 13.3. The Labute approximate surface area is 178 Å². The van der Waals surface area contributed by atoms with Gasteiger partial charge >= 0.3 is 13.5 Å². The van der Waals surface area contributed by atoms with Gasteiger partial charge in [0.05, 0.1) is 12.7 Å².